The van der Waals surface area contributed by atoms with Crippen LogP contribution in [0.5, 0.6) is 5.75 Å². The number of halogens is 1. The number of thiazole rings is 1. The molecule has 4 aromatic carbocycles. The van der Waals surface area contributed by atoms with E-state index in [0.717, 1.165) is 64.4 Å². The first-order valence-corrected chi connectivity index (χ1v) is 30.1. The zero-order valence-electron chi connectivity index (χ0n) is 45.3. The average molecular weight is 1120 g/mol. The van der Waals surface area contributed by atoms with E-state index in [9.17, 15) is 28.8 Å². The van der Waals surface area contributed by atoms with Gasteiger partial charge in [-0.05, 0) is 97.9 Å². The molecule has 2 aliphatic rings. The van der Waals surface area contributed by atoms with E-state index in [-0.39, 0.29) is 49.7 Å². The number of carbonyl (C=O) groups excluding carboxylic acids is 4. The number of carbonyl (C=O) groups is 4. The second-order valence-corrected chi connectivity index (χ2v) is 25.9. The van der Waals surface area contributed by atoms with Crippen LogP contribution in [-0.2, 0) is 43.1 Å². The molecule has 4 heterocycles. The number of aliphatic hydroxyl groups is 1. The van der Waals surface area contributed by atoms with Crippen molar-refractivity contribution in [3.8, 4) is 16.2 Å². The fraction of sp³-hybridized carbons (Fsp3) is 0.397. The molecule has 20 heteroatoms. The monoisotopic (exact) mass is 1120 g/mol. The summed E-state index contributed by atoms with van der Waals surface area (Å²) in [5.74, 6) is 0.209. The minimum absolute atomic E-state index is 0.00324. The maximum Gasteiger partial charge on any atom is 0.246 e. The summed E-state index contributed by atoms with van der Waals surface area (Å²) in [5, 5.41) is 27.3. The normalized spacial score (nSPS) is 16.3. The zero-order chi connectivity index (χ0) is 55.7. The number of nitrogens with one attached hydrogen (secondary N) is 5. The van der Waals surface area contributed by atoms with E-state index < -0.39 is 36.7 Å². The Hall–Kier alpha value is -6.85. The molecule has 78 heavy (non-hydrogen) atoms. The number of anilines is 5. The molecule has 8 rings (SSSR count). The summed E-state index contributed by atoms with van der Waals surface area (Å²) in [6.07, 6.45) is 3.82. The van der Waals surface area contributed by atoms with E-state index in [0.29, 0.717) is 58.5 Å². The minimum atomic E-state index is -2.58. The molecule has 0 bridgehead atoms. The molecule has 4 amide bonds. The van der Waals surface area contributed by atoms with E-state index in [2.05, 4.69) is 46.4 Å². The summed E-state index contributed by atoms with van der Waals surface area (Å²) in [6.45, 7) is 12.8. The van der Waals surface area contributed by atoms with Crippen LogP contribution in [-0.4, -0.2) is 113 Å². The summed E-state index contributed by atoms with van der Waals surface area (Å²) in [7, 11) is -0.973. The van der Waals surface area contributed by atoms with E-state index in [1.807, 2.05) is 124 Å². The summed E-state index contributed by atoms with van der Waals surface area (Å²) in [6, 6.07) is 27.3. The van der Waals surface area contributed by atoms with Gasteiger partial charge in [0.1, 0.15) is 30.0 Å². The van der Waals surface area contributed by atoms with Gasteiger partial charge in [0, 0.05) is 68.5 Å². The second kappa shape index (κ2) is 25.3. The third-order valence-electron chi connectivity index (χ3n) is 14.2. The Kier molecular flexibility index (Phi) is 18.6. The Bertz CT molecular complexity index is 3140. The van der Waals surface area contributed by atoms with Gasteiger partial charge in [-0.15, -0.1) is 11.3 Å². The van der Waals surface area contributed by atoms with Crippen LogP contribution in [0.3, 0.4) is 0 Å². The lowest BCUT2D eigenvalue weighted by molar-refractivity contribution is -0.144. The van der Waals surface area contributed by atoms with Gasteiger partial charge in [0.05, 0.1) is 46.9 Å². The van der Waals surface area contributed by atoms with Gasteiger partial charge in [0.15, 0.2) is 5.82 Å². The van der Waals surface area contributed by atoms with Gasteiger partial charge < -0.3 is 50.8 Å². The van der Waals surface area contributed by atoms with Crippen molar-refractivity contribution in [3.63, 3.8) is 0 Å². The number of piperidine rings is 1. The van der Waals surface area contributed by atoms with Crippen LogP contribution in [0, 0.1) is 12.3 Å². The summed E-state index contributed by atoms with van der Waals surface area (Å²) >= 11 is 8.06. The summed E-state index contributed by atoms with van der Waals surface area (Å²) in [4.78, 5) is 72.3. The molecule has 2 saturated heterocycles. The van der Waals surface area contributed by atoms with Crippen molar-refractivity contribution >= 4 is 87.8 Å². The SMILES string of the molecule is COc1cc(N2CCC(NC(=O)CCc3ccc(CCC(=O)NC(C(=O)N4C[C@H](O)C[C@H]4C(=O)NCc4ccc(-c5scnc5C)cc4)C(C)(C)C)cc3)CC2)ccc1Nc1ncc(Cl)c(Nc2ccccc2P(C)(C)=O)n1. The van der Waals surface area contributed by atoms with Gasteiger partial charge in [-0.25, -0.2) is 9.97 Å². The quantitative estimate of drug-likeness (QED) is 0.0394. The van der Waals surface area contributed by atoms with Crippen molar-refractivity contribution in [2.75, 3.05) is 55.6 Å². The number of ether oxygens (including phenoxy) is 1. The van der Waals surface area contributed by atoms with Crippen molar-refractivity contribution in [2.24, 2.45) is 5.41 Å². The number of hydrogen-bond acceptors (Lipinski definition) is 14. The van der Waals surface area contributed by atoms with Gasteiger partial charge in [-0.3, -0.25) is 19.2 Å². The lowest BCUT2D eigenvalue weighted by Crippen LogP contribution is -2.57. The molecule has 1 unspecified atom stereocenters. The van der Waals surface area contributed by atoms with Gasteiger partial charge >= 0.3 is 0 Å². The van der Waals surface area contributed by atoms with Crippen molar-refractivity contribution in [2.45, 2.75) is 103 Å². The Morgan fingerprint density at radius 3 is 2.18 bits per heavy atom. The Labute approximate surface area is 465 Å². The molecular weight excluding hydrogens is 1050 g/mol. The van der Waals surface area contributed by atoms with Gasteiger partial charge in [-0.2, -0.15) is 4.98 Å². The zero-order valence-corrected chi connectivity index (χ0v) is 47.7. The lowest BCUT2D eigenvalue weighted by atomic mass is 9.85. The third kappa shape index (κ3) is 14.8. The highest BCUT2D eigenvalue weighted by Gasteiger charge is 2.44. The molecule has 0 aliphatic carbocycles. The Morgan fingerprint density at radius 1 is 0.872 bits per heavy atom. The smallest absolute Gasteiger partial charge is 0.246 e. The maximum atomic E-state index is 14.1. The number of methoxy groups -OCH3 is 1. The van der Waals surface area contributed by atoms with Crippen LogP contribution in [0.25, 0.3) is 10.4 Å². The first kappa shape index (κ1) is 57.3. The standard InChI is InChI=1S/C58H70ClN10O7PS/c1-36-52(78-35-62-36)40-20-16-39(17-21-40)32-60-55(73)47-31-43(70)34-69(47)56(74)53(58(2,3)4)66-51(72)25-19-38-14-12-37(13-15-38)18-24-50(71)63-41-26-28-68(29-27-41)42-22-23-45(48(30-42)76-5)65-57-61-33-44(59)54(67-57)64-46-10-8-9-11-49(46)77(6,7)75/h8-17,20-23,30,33,35,41,43,47,53,70H,18-19,24-29,31-32,34H2,1-7H3,(H,60,73)(H,63,71)(H,66,72)(H2,61,64,65,67)/t43-,47+,53?/m1/s1. The van der Waals surface area contributed by atoms with Crippen molar-refractivity contribution in [1.82, 2.24) is 35.8 Å². The predicted molar refractivity (Wildman–Crippen MR) is 310 cm³/mol. The number of hydrogen-bond donors (Lipinski definition) is 6. The van der Waals surface area contributed by atoms with Crippen molar-refractivity contribution in [3.05, 3.63) is 130 Å². The highest BCUT2D eigenvalue weighted by atomic mass is 35.5. The van der Waals surface area contributed by atoms with Crippen LogP contribution in [0.2, 0.25) is 5.02 Å². The lowest BCUT2D eigenvalue weighted by Gasteiger charge is -2.35. The molecular formula is C58H70ClN10O7PS. The van der Waals surface area contributed by atoms with Crippen LogP contribution < -0.4 is 41.5 Å². The molecule has 2 fully saturated rings. The molecule has 6 aromatic rings. The van der Waals surface area contributed by atoms with Crippen molar-refractivity contribution in [1.29, 1.82) is 0 Å². The molecule has 17 nitrogen and oxygen atoms in total. The fourth-order valence-electron chi connectivity index (χ4n) is 9.78. The average Bonchev–Trinajstić information content (AvgIpc) is 4.10. The second-order valence-electron chi connectivity index (χ2n) is 21.5. The highest BCUT2D eigenvalue weighted by Crippen LogP contribution is 2.39. The molecule has 0 saturated carbocycles. The maximum absolute atomic E-state index is 14.1. The van der Waals surface area contributed by atoms with Gasteiger partial charge in [0.25, 0.3) is 0 Å². The number of likely N-dealkylation sites (tertiary alicyclic amines) is 1. The van der Waals surface area contributed by atoms with E-state index >= 15 is 0 Å². The number of amides is 4. The third-order valence-corrected chi connectivity index (χ3v) is 17.0. The minimum Gasteiger partial charge on any atom is -0.494 e. The van der Waals surface area contributed by atoms with Gasteiger partial charge in [0.2, 0.25) is 29.6 Å². The number of benzene rings is 4. The number of rotatable bonds is 20. The number of aromatic nitrogens is 3. The number of β-amino-alcohol motifs (C(OH)–C–C–N with tert-alkyl or cyclic N) is 1. The number of aryl methyl sites for hydroxylation is 3. The predicted octanol–water partition coefficient (Wildman–Crippen LogP) is 8.77. The Balaban J connectivity index is 0.758. The number of para-hydroxylation sites is 1. The largest absolute Gasteiger partial charge is 0.494 e. The van der Waals surface area contributed by atoms with E-state index in [1.54, 1.807) is 31.8 Å². The molecule has 2 aromatic heterocycles. The molecule has 6 N–H and O–H groups in total. The first-order chi connectivity index (χ1) is 37.2. The van der Waals surface area contributed by atoms with Crippen LogP contribution in [0.4, 0.5) is 28.8 Å². The molecule has 0 spiro atoms. The van der Waals surface area contributed by atoms with Crippen LogP contribution in [0.15, 0.2) is 103 Å². The molecule has 412 valence electrons. The summed E-state index contributed by atoms with van der Waals surface area (Å²) < 4.78 is 18.7. The topological polar surface area (TPSA) is 220 Å². The van der Waals surface area contributed by atoms with E-state index in [4.69, 9.17) is 16.3 Å². The van der Waals surface area contributed by atoms with E-state index in [1.165, 1.54) is 11.1 Å². The van der Waals surface area contributed by atoms with Gasteiger partial charge in [-0.1, -0.05) is 93.0 Å². The molecule has 3 atom stereocenters. The number of aliphatic hydroxyl groups excluding tert-OH is 1. The van der Waals surface area contributed by atoms with Crippen molar-refractivity contribution < 1.29 is 33.6 Å². The number of nitrogens with zero attached hydrogens (tertiary/aromatic N) is 5. The Morgan fingerprint density at radius 2 is 1.54 bits per heavy atom. The fourth-order valence-corrected chi connectivity index (χ4v) is 11.9. The summed E-state index contributed by atoms with van der Waals surface area (Å²) in [5.41, 5.74) is 8.32. The van der Waals surface area contributed by atoms with Crippen LogP contribution >= 0.6 is 30.1 Å². The van der Waals surface area contributed by atoms with Crippen LogP contribution in [0.1, 0.15) is 75.3 Å². The molecule has 2 aliphatic heterocycles. The molecule has 0 radical (unpaired) electrons. The first-order valence-electron chi connectivity index (χ1n) is 26.3. The highest BCUT2D eigenvalue weighted by molar-refractivity contribution is 7.70.